The van der Waals surface area contributed by atoms with Crippen molar-refractivity contribution >= 4 is 29.6 Å². The smallest absolute Gasteiger partial charge is 0.335 e. The molecule has 4 amide bonds. The van der Waals surface area contributed by atoms with E-state index in [1.54, 1.807) is 19.1 Å². The van der Waals surface area contributed by atoms with Crippen molar-refractivity contribution in [2.75, 3.05) is 11.5 Å². The SMILES string of the molecule is C=CCc1cc(/C=C2\C(=O)NC(=O)N(c3cccc(F)c3)C2=O)cc(OCC)c1O. The summed E-state index contributed by atoms with van der Waals surface area (Å²) in [7, 11) is 0. The number of aromatic hydroxyl groups is 1. The molecule has 154 valence electrons. The fraction of sp³-hybridized carbons (Fsp3) is 0.136. The van der Waals surface area contributed by atoms with Crippen LogP contribution in [0.4, 0.5) is 14.9 Å². The summed E-state index contributed by atoms with van der Waals surface area (Å²) < 4.78 is 19.0. The second kappa shape index (κ2) is 8.60. The Kier molecular flexibility index (Phi) is 5.96. The van der Waals surface area contributed by atoms with Crippen LogP contribution in [0.3, 0.4) is 0 Å². The fourth-order valence-electron chi connectivity index (χ4n) is 3.02. The molecule has 0 aliphatic carbocycles. The summed E-state index contributed by atoms with van der Waals surface area (Å²) in [6, 6.07) is 7.00. The Morgan fingerprint density at radius 2 is 2.00 bits per heavy atom. The molecular weight excluding hydrogens is 391 g/mol. The lowest BCUT2D eigenvalue weighted by molar-refractivity contribution is -0.122. The molecule has 8 heteroatoms. The van der Waals surface area contributed by atoms with E-state index >= 15 is 0 Å². The van der Waals surface area contributed by atoms with Crippen molar-refractivity contribution in [3.63, 3.8) is 0 Å². The molecule has 2 N–H and O–H groups in total. The van der Waals surface area contributed by atoms with E-state index in [9.17, 15) is 23.9 Å². The van der Waals surface area contributed by atoms with Crippen LogP contribution in [-0.2, 0) is 16.0 Å². The molecule has 1 aliphatic heterocycles. The summed E-state index contributed by atoms with van der Waals surface area (Å²) in [6.07, 6.45) is 3.20. The number of rotatable bonds is 6. The van der Waals surface area contributed by atoms with Gasteiger partial charge in [-0.1, -0.05) is 12.1 Å². The van der Waals surface area contributed by atoms with Gasteiger partial charge in [0.2, 0.25) is 0 Å². The van der Waals surface area contributed by atoms with Gasteiger partial charge in [-0.25, -0.2) is 14.1 Å². The maximum absolute atomic E-state index is 13.6. The summed E-state index contributed by atoms with van der Waals surface area (Å²) in [5.41, 5.74) is 0.560. The summed E-state index contributed by atoms with van der Waals surface area (Å²) in [5.74, 6) is -2.29. The number of benzene rings is 2. The number of anilines is 1. The predicted octanol–water partition coefficient (Wildman–Crippen LogP) is 3.32. The maximum atomic E-state index is 13.6. The van der Waals surface area contributed by atoms with Crippen LogP contribution in [0.5, 0.6) is 11.5 Å². The molecule has 3 rings (SSSR count). The van der Waals surface area contributed by atoms with Crippen LogP contribution >= 0.6 is 0 Å². The Hall–Kier alpha value is -3.94. The van der Waals surface area contributed by atoms with Gasteiger partial charge in [0, 0.05) is 5.56 Å². The van der Waals surface area contributed by atoms with Crippen molar-refractivity contribution in [2.45, 2.75) is 13.3 Å². The summed E-state index contributed by atoms with van der Waals surface area (Å²) >= 11 is 0. The van der Waals surface area contributed by atoms with Gasteiger partial charge in [0.25, 0.3) is 11.8 Å². The number of nitrogens with zero attached hydrogens (tertiary/aromatic N) is 1. The van der Waals surface area contributed by atoms with Crippen LogP contribution in [-0.4, -0.2) is 29.6 Å². The number of phenolic OH excluding ortho intramolecular Hbond substituents is 1. The summed E-state index contributed by atoms with van der Waals surface area (Å²) in [5, 5.41) is 12.4. The first-order valence-electron chi connectivity index (χ1n) is 9.12. The number of hydrogen-bond donors (Lipinski definition) is 2. The third-order valence-corrected chi connectivity index (χ3v) is 4.32. The number of hydrogen-bond acceptors (Lipinski definition) is 5. The first kappa shape index (κ1) is 20.8. The van der Waals surface area contributed by atoms with Crippen molar-refractivity contribution in [1.29, 1.82) is 0 Å². The van der Waals surface area contributed by atoms with Gasteiger partial charge in [0.1, 0.15) is 11.4 Å². The molecule has 1 aliphatic rings. The lowest BCUT2D eigenvalue weighted by Gasteiger charge is -2.26. The lowest BCUT2D eigenvalue weighted by atomic mass is 10.0. The van der Waals surface area contributed by atoms with Gasteiger partial charge in [0.05, 0.1) is 12.3 Å². The van der Waals surface area contributed by atoms with E-state index in [2.05, 4.69) is 11.9 Å². The van der Waals surface area contributed by atoms with E-state index in [1.165, 1.54) is 30.3 Å². The number of allylic oxidation sites excluding steroid dienone is 1. The number of carbonyl (C=O) groups excluding carboxylic acids is 3. The van der Waals surface area contributed by atoms with Gasteiger partial charge < -0.3 is 9.84 Å². The average Bonchev–Trinajstić information content (AvgIpc) is 2.69. The third kappa shape index (κ3) is 4.07. The standard InChI is InChI=1S/C22H19FN2O5/c1-3-6-14-9-13(11-18(19(14)26)30-4-2)10-17-20(27)24-22(29)25(21(17)28)16-8-5-7-15(23)12-16/h3,5,7-12,26H,1,4,6H2,2H3,(H,24,27,29)/b17-10+. The number of nitrogens with one attached hydrogen (secondary N) is 1. The van der Waals surface area contributed by atoms with E-state index in [1.807, 2.05) is 0 Å². The second-order valence-electron chi connectivity index (χ2n) is 6.39. The number of barbiturate groups is 1. The minimum Gasteiger partial charge on any atom is -0.504 e. The Bertz CT molecular complexity index is 1080. The van der Waals surface area contributed by atoms with Crippen molar-refractivity contribution in [3.05, 3.63) is 71.6 Å². The maximum Gasteiger partial charge on any atom is 0.335 e. The molecule has 0 spiro atoms. The van der Waals surface area contributed by atoms with Crippen LogP contribution in [0, 0.1) is 5.82 Å². The molecular formula is C22H19FN2O5. The largest absolute Gasteiger partial charge is 0.504 e. The zero-order valence-electron chi connectivity index (χ0n) is 16.1. The van der Waals surface area contributed by atoms with E-state index in [0.717, 1.165) is 6.07 Å². The molecule has 0 atom stereocenters. The molecule has 2 aromatic carbocycles. The molecule has 0 radical (unpaired) electrons. The van der Waals surface area contributed by atoms with Gasteiger partial charge in [-0.3, -0.25) is 14.9 Å². The van der Waals surface area contributed by atoms with E-state index in [-0.39, 0.29) is 22.8 Å². The predicted molar refractivity (Wildman–Crippen MR) is 109 cm³/mol. The molecule has 0 unspecified atom stereocenters. The average molecular weight is 410 g/mol. The molecule has 1 fully saturated rings. The van der Waals surface area contributed by atoms with Crippen LogP contribution < -0.4 is 15.0 Å². The van der Waals surface area contributed by atoms with Crippen molar-refractivity contribution in [2.24, 2.45) is 0 Å². The minimum atomic E-state index is -0.971. The molecule has 2 aromatic rings. The number of phenols is 1. The summed E-state index contributed by atoms with van der Waals surface area (Å²) in [6.45, 7) is 5.68. The molecule has 30 heavy (non-hydrogen) atoms. The Morgan fingerprint density at radius 1 is 1.23 bits per heavy atom. The Morgan fingerprint density at radius 3 is 2.67 bits per heavy atom. The summed E-state index contributed by atoms with van der Waals surface area (Å²) in [4.78, 5) is 38.1. The van der Waals surface area contributed by atoms with Crippen molar-refractivity contribution in [1.82, 2.24) is 5.32 Å². The minimum absolute atomic E-state index is 0.0102. The van der Waals surface area contributed by atoms with Gasteiger partial charge in [-0.15, -0.1) is 6.58 Å². The fourth-order valence-corrected chi connectivity index (χ4v) is 3.02. The van der Waals surface area contributed by atoms with E-state index in [0.29, 0.717) is 29.1 Å². The molecule has 0 saturated carbocycles. The van der Waals surface area contributed by atoms with Gasteiger partial charge >= 0.3 is 6.03 Å². The molecule has 0 bridgehead atoms. The number of amides is 4. The topological polar surface area (TPSA) is 95.9 Å². The zero-order chi connectivity index (χ0) is 21.8. The molecule has 1 saturated heterocycles. The quantitative estimate of drug-likeness (QED) is 0.433. The zero-order valence-corrected chi connectivity index (χ0v) is 16.1. The number of carbonyl (C=O) groups is 3. The third-order valence-electron chi connectivity index (χ3n) is 4.32. The van der Waals surface area contributed by atoms with Gasteiger partial charge in [0.15, 0.2) is 11.5 Å². The first-order chi connectivity index (χ1) is 14.3. The number of halogens is 1. The van der Waals surface area contributed by atoms with E-state index in [4.69, 9.17) is 4.74 Å². The van der Waals surface area contributed by atoms with Crippen molar-refractivity contribution < 1.29 is 28.6 Å². The monoisotopic (exact) mass is 410 g/mol. The highest BCUT2D eigenvalue weighted by molar-refractivity contribution is 6.39. The second-order valence-corrected chi connectivity index (χ2v) is 6.39. The van der Waals surface area contributed by atoms with Crippen LogP contribution in [0.25, 0.3) is 6.08 Å². The first-order valence-corrected chi connectivity index (χ1v) is 9.12. The Labute approximate surface area is 172 Å². The van der Waals surface area contributed by atoms with E-state index < -0.39 is 23.7 Å². The van der Waals surface area contributed by atoms with Gasteiger partial charge in [-0.05, 0) is 55.3 Å². The molecule has 7 nitrogen and oxygen atoms in total. The van der Waals surface area contributed by atoms with Crippen LogP contribution in [0.15, 0.2) is 54.6 Å². The van der Waals surface area contributed by atoms with Crippen molar-refractivity contribution in [3.8, 4) is 11.5 Å². The number of ether oxygens (including phenoxy) is 1. The number of urea groups is 1. The van der Waals surface area contributed by atoms with Gasteiger partial charge in [-0.2, -0.15) is 0 Å². The lowest BCUT2D eigenvalue weighted by Crippen LogP contribution is -2.54. The molecule has 1 heterocycles. The normalized spacial score (nSPS) is 15.3. The van der Waals surface area contributed by atoms with Crippen LogP contribution in [0.2, 0.25) is 0 Å². The highest BCUT2D eigenvalue weighted by Gasteiger charge is 2.37. The highest BCUT2D eigenvalue weighted by atomic mass is 19.1. The number of imide groups is 2. The molecule has 0 aromatic heterocycles. The van der Waals surface area contributed by atoms with Crippen LogP contribution in [0.1, 0.15) is 18.1 Å². The Balaban J connectivity index is 2.07. The highest BCUT2D eigenvalue weighted by Crippen LogP contribution is 2.33.